The van der Waals surface area contributed by atoms with E-state index in [4.69, 9.17) is 0 Å². The summed E-state index contributed by atoms with van der Waals surface area (Å²) in [6.45, 7) is 8.46. The molecule has 29 heavy (non-hydrogen) atoms. The van der Waals surface area contributed by atoms with Crippen LogP contribution in [0.15, 0.2) is 36.4 Å². The highest BCUT2D eigenvalue weighted by molar-refractivity contribution is 5.92. The zero-order chi connectivity index (χ0) is 21.2. The third-order valence-corrected chi connectivity index (χ3v) is 4.54. The Morgan fingerprint density at radius 3 is 2.66 bits per heavy atom. The fourth-order valence-corrected chi connectivity index (χ4v) is 3.19. The number of carbonyl (C=O) groups excluding carboxylic acids is 1. The molecule has 2 aromatic carbocycles. The Bertz CT molecular complexity index is 1070. The summed E-state index contributed by atoms with van der Waals surface area (Å²) >= 11 is 0. The molecule has 0 saturated carbocycles. The summed E-state index contributed by atoms with van der Waals surface area (Å²) in [5.41, 5.74) is 1.19. The van der Waals surface area contributed by atoms with Crippen LogP contribution in [0.1, 0.15) is 45.2 Å². The second-order valence-electron chi connectivity index (χ2n) is 8.62. The van der Waals surface area contributed by atoms with Crippen molar-refractivity contribution < 1.29 is 9.90 Å². The van der Waals surface area contributed by atoms with Crippen molar-refractivity contribution in [3.63, 3.8) is 0 Å². The van der Waals surface area contributed by atoms with Crippen molar-refractivity contribution >= 4 is 22.9 Å². The molecule has 0 spiro atoms. The largest absolute Gasteiger partial charge is 0.385 e. The van der Waals surface area contributed by atoms with E-state index in [9.17, 15) is 15.2 Å². The number of aliphatic hydroxyl groups is 1. The van der Waals surface area contributed by atoms with Crippen LogP contribution in [-0.4, -0.2) is 20.6 Å². The smallest absolute Gasteiger partial charge is 0.229 e. The molecular weight excluding hydrogens is 364 g/mol. The number of nitrogens with one attached hydrogen (secondary N) is 1. The van der Waals surface area contributed by atoms with E-state index in [1.54, 1.807) is 43.3 Å². The van der Waals surface area contributed by atoms with Crippen LogP contribution in [0.3, 0.4) is 0 Å². The highest BCUT2D eigenvalue weighted by atomic mass is 16.3. The van der Waals surface area contributed by atoms with E-state index in [2.05, 4.69) is 49.3 Å². The maximum atomic E-state index is 12.7. The summed E-state index contributed by atoms with van der Waals surface area (Å²) in [5, 5.41) is 22.8. The molecule has 0 aliphatic heterocycles. The van der Waals surface area contributed by atoms with Gasteiger partial charge in [-0.15, -0.1) is 0 Å². The number of anilines is 1. The van der Waals surface area contributed by atoms with Gasteiger partial charge in [-0.25, -0.2) is 4.98 Å². The van der Waals surface area contributed by atoms with Crippen LogP contribution in [-0.2, 0) is 16.9 Å². The molecule has 1 atom stereocenters. The van der Waals surface area contributed by atoms with Gasteiger partial charge >= 0.3 is 0 Å². The second-order valence-corrected chi connectivity index (χ2v) is 8.62. The van der Waals surface area contributed by atoms with Crippen molar-refractivity contribution in [2.45, 2.75) is 46.3 Å². The number of nitriles is 1. The van der Waals surface area contributed by atoms with Gasteiger partial charge in [0.2, 0.25) is 11.9 Å². The molecule has 0 fully saturated rings. The Morgan fingerprint density at radius 2 is 2.03 bits per heavy atom. The highest BCUT2D eigenvalue weighted by Gasteiger charge is 2.28. The lowest BCUT2D eigenvalue weighted by Crippen LogP contribution is -2.29. The van der Waals surface area contributed by atoms with Gasteiger partial charge in [-0.3, -0.25) is 10.1 Å². The molecule has 0 aliphatic carbocycles. The number of benzene rings is 1. The van der Waals surface area contributed by atoms with Crippen molar-refractivity contribution in [3.05, 3.63) is 59.7 Å². The number of amides is 1. The Balaban J connectivity index is 1.91. The first-order chi connectivity index (χ1) is 13.6. The summed E-state index contributed by atoms with van der Waals surface area (Å²) in [6.07, 6.45) is -0.132. The molecule has 0 radical (unpaired) electrons. The summed E-state index contributed by atoms with van der Waals surface area (Å²) < 4.78 is 1.91. The molecule has 1 amide bonds. The predicted molar refractivity (Wildman–Crippen MR) is 111 cm³/mol. The molecule has 0 bridgehead atoms. The van der Waals surface area contributed by atoms with E-state index in [0.717, 1.165) is 5.52 Å². The number of hydrogen-bond acceptors (Lipinski definition) is 4. The molecule has 1 aromatic heterocycles. The average molecular weight is 388 g/mol. The van der Waals surface area contributed by atoms with Crippen molar-refractivity contribution in [3.8, 4) is 6.07 Å². The zero-order valence-electron chi connectivity index (χ0n) is 17.1. The molecule has 0 saturated heterocycles. The van der Waals surface area contributed by atoms with Gasteiger partial charge in [0, 0.05) is 6.54 Å². The monoisotopic (exact) mass is 388 g/mol. The van der Waals surface area contributed by atoms with Crippen LogP contribution in [0.4, 0.5) is 5.95 Å². The topological polar surface area (TPSA) is 90.9 Å². The maximum Gasteiger partial charge on any atom is 0.229 e. The van der Waals surface area contributed by atoms with E-state index in [0.29, 0.717) is 29.1 Å². The molecule has 148 valence electrons. The first kappa shape index (κ1) is 20.4. The van der Waals surface area contributed by atoms with Crippen LogP contribution < -0.4 is 5.32 Å². The molecule has 3 aromatic rings. The molecule has 2 N–H and O–H groups in total. The van der Waals surface area contributed by atoms with Crippen LogP contribution in [0.25, 0.3) is 11.0 Å². The SMILES string of the molecule is CC(C)(C)Cn1c(NC(=O)CC(C)(O)c2cc#ccc2)nc2ccc(C#N)cc21. The van der Waals surface area contributed by atoms with E-state index >= 15 is 0 Å². The zero-order valence-corrected chi connectivity index (χ0v) is 17.1. The minimum Gasteiger partial charge on any atom is -0.385 e. The van der Waals surface area contributed by atoms with Crippen molar-refractivity contribution in [2.24, 2.45) is 5.41 Å². The lowest BCUT2D eigenvalue weighted by atomic mass is 9.93. The van der Waals surface area contributed by atoms with E-state index in [-0.39, 0.29) is 17.7 Å². The third-order valence-electron chi connectivity index (χ3n) is 4.54. The van der Waals surface area contributed by atoms with Crippen LogP contribution >= 0.6 is 0 Å². The summed E-state index contributed by atoms with van der Waals surface area (Å²) in [6, 6.07) is 17.9. The van der Waals surface area contributed by atoms with E-state index < -0.39 is 5.60 Å². The molecule has 3 rings (SSSR count). The number of fused-ring (bicyclic) bond motifs is 1. The fourth-order valence-electron chi connectivity index (χ4n) is 3.19. The minimum atomic E-state index is -1.34. The first-order valence-electron chi connectivity index (χ1n) is 9.40. The normalized spacial score (nSPS) is 13.4. The molecule has 1 unspecified atom stereocenters. The lowest BCUT2D eigenvalue weighted by Gasteiger charge is -2.24. The van der Waals surface area contributed by atoms with Gasteiger partial charge in [0.05, 0.1) is 34.7 Å². The quantitative estimate of drug-likeness (QED) is 0.696. The van der Waals surface area contributed by atoms with Crippen molar-refractivity contribution in [1.29, 1.82) is 5.26 Å². The number of aromatic nitrogens is 2. The summed E-state index contributed by atoms with van der Waals surface area (Å²) in [4.78, 5) is 17.3. The van der Waals surface area contributed by atoms with Crippen LogP contribution in [0.5, 0.6) is 0 Å². The van der Waals surface area contributed by atoms with Gasteiger partial charge in [-0.2, -0.15) is 5.26 Å². The Kier molecular flexibility index (Phi) is 5.33. The summed E-state index contributed by atoms with van der Waals surface area (Å²) in [5.74, 6) is 0.0487. The van der Waals surface area contributed by atoms with Gasteiger partial charge in [0.1, 0.15) is 0 Å². The maximum absolute atomic E-state index is 12.7. The second kappa shape index (κ2) is 7.58. The standard InChI is InChI=1S/C23H24N4O2/c1-22(2,3)15-27-19-12-16(14-24)10-11-18(19)25-21(27)26-20(28)13-23(4,29)17-8-6-5-7-9-17/h6,8-12,29H,13,15H2,1-4H3,(H,25,26,28). The molecule has 0 aliphatic rings. The number of imidazole rings is 1. The highest BCUT2D eigenvalue weighted by Crippen LogP contribution is 2.28. The van der Waals surface area contributed by atoms with Crippen LogP contribution in [0, 0.1) is 28.9 Å². The van der Waals surface area contributed by atoms with Gasteiger partial charge < -0.3 is 9.67 Å². The predicted octanol–water partition coefficient (Wildman–Crippen LogP) is 3.79. The van der Waals surface area contributed by atoms with Gasteiger partial charge in [-0.1, -0.05) is 32.9 Å². The molecular formula is C23H24N4O2. The van der Waals surface area contributed by atoms with Gasteiger partial charge in [0.15, 0.2) is 0 Å². The number of nitrogens with zero attached hydrogens (tertiary/aromatic N) is 3. The minimum absolute atomic E-state index is 0.0718. The average Bonchev–Trinajstić information content (AvgIpc) is 2.96. The summed E-state index contributed by atoms with van der Waals surface area (Å²) in [7, 11) is 0. The molecule has 6 heteroatoms. The lowest BCUT2D eigenvalue weighted by molar-refractivity contribution is -0.120. The first-order valence-corrected chi connectivity index (χ1v) is 9.40. The Labute approximate surface area is 170 Å². The number of rotatable bonds is 5. The Morgan fingerprint density at radius 1 is 1.28 bits per heavy atom. The van der Waals surface area contributed by atoms with E-state index in [1.165, 1.54) is 0 Å². The van der Waals surface area contributed by atoms with Crippen molar-refractivity contribution in [1.82, 2.24) is 9.55 Å². The molecule has 1 heterocycles. The number of carbonyl (C=O) groups is 1. The van der Waals surface area contributed by atoms with Gasteiger partial charge in [-0.05, 0) is 54.3 Å². The van der Waals surface area contributed by atoms with Crippen molar-refractivity contribution in [2.75, 3.05) is 5.32 Å². The third kappa shape index (κ3) is 4.74. The number of hydrogen-bond donors (Lipinski definition) is 2. The van der Waals surface area contributed by atoms with Crippen LogP contribution in [0.2, 0.25) is 0 Å². The van der Waals surface area contributed by atoms with Gasteiger partial charge in [0.25, 0.3) is 0 Å². The molecule has 6 nitrogen and oxygen atoms in total. The Hall–Kier alpha value is -3.35. The fraction of sp³-hybridized carbons (Fsp3) is 0.348. The van der Waals surface area contributed by atoms with E-state index in [1.807, 2.05) is 4.57 Å².